The molecule has 5 heteroatoms. The molecule has 27 heavy (non-hydrogen) atoms. The fraction of sp³-hybridized carbons (Fsp3) is 0.273. The number of benzene rings is 2. The van der Waals surface area contributed by atoms with E-state index in [1.165, 1.54) is 6.08 Å². The largest absolute Gasteiger partial charge is 0.494 e. The van der Waals surface area contributed by atoms with Crippen LogP contribution >= 0.6 is 0 Å². The Kier molecular flexibility index (Phi) is 6.26. The quantitative estimate of drug-likeness (QED) is 0.759. The number of hydrogen-bond donors (Lipinski definition) is 1. The van der Waals surface area contributed by atoms with Crippen LogP contribution in [0.15, 0.2) is 54.6 Å². The van der Waals surface area contributed by atoms with E-state index in [1.54, 1.807) is 6.08 Å². The maximum absolute atomic E-state index is 12.2. The van der Waals surface area contributed by atoms with Gasteiger partial charge in [-0.15, -0.1) is 0 Å². The first kappa shape index (κ1) is 18.7. The molecule has 0 radical (unpaired) electrons. The maximum atomic E-state index is 12.2. The van der Waals surface area contributed by atoms with Gasteiger partial charge in [0.05, 0.1) is 6.61 Å². The minimum Gasteiger partial charge on any atom is -0.494 e. The van der Waals surface area contributed by atoms with Gasteiger partial charge in [-0.3, -0.25) is 9.59 Å². The van der Waals surface area contributed by atoms with Gasteiger partial charge in [0.15, 0.2) is 0 Å². The third kappa shape index (κ3) is 5.45. The summed E-state index contributed by atoms with van der Waals surface area (Å²) in [5, 5.41) is 2.87. The van der Waals surface area contributed by atoms with E-state index in [2.05, 4.69) is 5.32 Å². The monoisotopic (exact) mass is 364 g/mol. The summed E-state index contributed by atoms with van der Waals surface area (Å²) >= 11 is 0. The molecule has 1 saturated heterocycles. The van der Waals surface area contributed by atoms with Crippen molar-refractivity contribution in [1.29, 1.82) is 0 Å². The van der Waals surface area contributed by atoms with E-state index in [-0.39, 0.29) is 11.8 Å². The fourth-order valence-corrected chi connectivity index (χ4v) is 3.04. The van der Waals surface area contributed by atoms with Crippen LogP contribution in [0.1, 0.15) is 30.9 Å². The summed E-state index contributed by atoms with van der Waals surface area (Å²) in [4.78, 5) is 25.8. The van der Waals surface area contributed by atoms with Crippen LogP contribution in [0.5, 0.6) is 5.75 Å². The number of nitrogens with one attached hydrogen (secondary N) is 1. The molecular weight excluding hydrogens is 340 g/mol. The van der Waals surface area contributed by atoms with Crippen LogP contribution < -0.4 is 10.1 Å². The van der Waals surface area contributed by atoms with Crippen LogP contribution in [0.2, 0.25) is 0 Å². The van der Waals surface area contributed by atoms with Crippen molar-refractivity contribution >= 4 is 23.6 Å². The molecule has 0 spiro atoms. The molecule has 0 bridgehead atoms. The zero-order chi connectivity index (χ0) is 19.1. The van der Waals surface area contributed by atoms with E-state index in [4.69, 9.17) is 4.74 Å². The Morgan fingerprint density at radius 3 is 2.74 bits per heavy atom. The van der Waals surface area contributed by atoms with Crippen molar-refractivity contribution in [3.63, 3.8) is 0 Å². The molecule has 0 unspecified atom stereocenters. The standard InChI is InChI=1S/C22H24N2O3/c1-2-27-20-11-8-17(9-12-20)10-13-21(25)23-19-6-3-5-18(15-19)16-24-14-4-7-22(24)26/h3,5-6,8-13,15H,2,4,7,14,16H2,1H3,(H,23,25)/b13-10+. The number of likely N-dealkylation sites (tertiary alicyclic amines) is 1. The van der Waals surface area contributed by atoms with Crippen molar-refractivity contribution in [2.45, 2.75) is 26.3 Å². The Morgan fingerprint density at radius 2 is 2.04 bits per heavy atom. The summed E-state index contributed by atoms with van der Waals surface area (Å²) in [5.74, 6) is 0.813. The number of nitrogens with zero attached hydrogens (tertiary/aromatic N) is 1. The second-order valence-electron chi connectivity index (χ2n) is 6.44. The molecule has 1 fully saturated rings. The van der Waals surface area contributed by atoms with Gasteiger partial charge >= 0.3 is 0 Å². The van der Waals surface area contributed by atoms with Crippen molar-refractivity contribution in [3.05, 3.63) is 65.7 Å². The number of ether oxygens (including phenoxy) is 1. The molecule has 0 aromatic heterocycles. The molecule has 1 heterocycles. The Bertz CT molecular complexity index is 828. The lowest BCUT2D eigenvalue weighted by Crippen LogP contribution is -2.23. The number of carbonyl (C=O) groups is 2. The van der Waals surface area contributed by atoms with Gasteiger partial charge in [-0.1, -0.05) is 24.3 Å². The Balaban J connectivity index is 1.57. The highest BCUT2D eigenvalue weighted by Gasteiger charge is 2.19. The predicted octanol–water partition coefficient (Wildman–Crippen LogP) is 3.86. The van der Waals surface area contributed by atoms with Crippen LogP contribution in [0.25, 0.3) is 6.08 Å². The normalized spacial score (nSPS) is 14.0. The zero-order valence-electron chi connectivity index (χ0n) is 15.5. The van der Waals surface area contributed by atoms with Gasteiger partial charge in [0.25, 0.3) is 0 Å². The van der Waals surface area contributed by atoms with E-state index in [0.29, 0.717) is 19.6 Å². The lowest BCUT2D eigenvalue weighted by molar-refractivity contribution is -0.128. The number of rotatable bonds is 7. The zero-order valence-corrected chi connectivity index (χ0v) is 15.5. The maximum Gasteiger partial charge on any atom is 0.248 e. The van der Waals surface area contributed by atoms with Gasteiger partial charge in [-0.25, -0.2) is 0 Å². The van der Waals surface area contributed by atoms with Crippen molar-refractivity contribution in [2.24, 2.45) is 0 Å². The van der Waals surface area contributed by atoms with E-state index < -0.39 is 0 Å². The molecule has 0 aliphatic carbocycles. The van der Waals surface area contributed by atoms with Crippen molar-refractivity contribution in [2.75, 3.05) is 18.5 Å². The first-order chi connectivity index (χ1) is 13.1. The summed E-state index contributed by atoms with van der Waals surface area (Å²) in [5.41, 5.74) is 2.66. The third-order valence-electron chi connectivity index (χ3n) is 4.36. The van der Waals surface area contributed by atoms with E-state index in [9.17, 15) is 9.59 Å². The Labute approximate surface area is 159 Å². The average molecular weight is 364 g/mol. The second kappa shape index (κ2) is 9.03. The van der Waals surface area contributed by atoms with Crippen molar-refractivity contribution in [3.8, 4) is 5.75 Å². The second-order valence-corrected chi connectivity index (χ2v) is 6.44. The SMILES string of the molecule is CCOc1ccc(/C=C/C(=O)Nc2cccc(CN3CCCC3=O)c2)cc1. The fourth-order valence-electron chi connectivity index (χ4n) is 3.04. The topological polar surface area (TPSA) is 58.6 Å². The van der Waals surface area contributed by atoms with Crippen molar-refractivity contribution in [1.82, 2.24) is 4.90 Å². The van der Waals surface area contributed by atoms with Gasteiger partial charge in [-0.05, 0) is 54.8 Å². The molecule has 2 amide bonds. The molecule has 2 aromatic carbocycles. The molecule has 0 saturated carbocycles. The highest BCUT2D eigenvalue weighted by Crippen LogP contribution is 2.17. The number of carbonyl (C=O) groups excluding carboxylic acids is 2. The summed E-state index contributed by atoms with van der Waals surface area (Å²) in [6.07, 6.45) is 4.82. The van der Waals surface area contributed by atoms with Crippen molar-refractivity contribution < 1.29 is 14.3 Å². The van der Waals surface area contributed by atoms with Gasteiger partial charge in [-0.2, -0.15) is 0 Å². The lowest BCUT2D eigenvalue weighted by atomic mass is 10.2. The van der Waals surface area contributed by atoms with E-state index >= 15 is 0 Å². The highest BCUT2D eigenvalue weighted by atomic mass is 16.5. The summed E-state index contributed by atoms with van der Waals surface area (Å²) < 4.78 is 5.40. The number of hydrogen-bond acceptors (Lipinski definition) is 3. The van der Waals surface area contributed by atoms with Crippen LogP contribution in [-0.4, -0.2) is 29.9 Å². The molecule has 1 aliphatic heterocycles. The molecule has 1 N–H and O–H groups in total. The summed E-state index contributed by atoms with van der Waals surface area (Å²) in [7, 11) is 0. The molecule has 3 rings (SSSR count). The third-order valence-corrected chi connectivity index (χ3v) is 4.36. The number of amides is 2. The first-order valence-corrected chi connectivity index (χ1v) is 9.22. The Hall–Kier alpha value is -3.08. The Morgan fingerprint density at radius 1 is 1.22 bits per heavy atom. The minimum absolute atomic E-state index is 0.196. The molecule has 0 atom stereocenters. The molecular formula is C22H24N2O3. The predicted molar refractivity (Wildman–Crippen MR) is 106 cm³/mol. The first-order valence-electron chi connectivity index (χ1n) is 9.22. The van der Waals surface area contributed by atoms with Gasteiger partial charge in [0, 0.05) is 31.3 Å². The average Bonchev–Trinajstić information content (AvgIpc) is 3.06. The van der Waals surface area contributed by atoms with Gasteiger partial charge < -0.3 is 15.0 Å². The van der Waals surface area contributed by atoms with Crippen LogP contribution in [0, 0.1) is 0 Å². The van der Waals surface area contributed by atoms with Crippen LogP contribution in [0.4, 0.5) is 5.69 Å². The smallest absolute Gasteiger partial charge is 0.248 e. The molecule has 2 aromatic rings. The van der Waals surface area contributed by atoms with Crippen LogP contribution in [0.3, 0.4) is 0 Å². The van der Waals surface area contributed by atoms with Gasteiger partial charge in [0.1, 0.15) is 5.75 Å². The van der Waals surface area contributed by atoms with E-state index in [1.807, 2.05) is 60.4 Å². The summed E-state index contributed by atoms with van der Waals surface area (Å²) in [6, 6.07) is 15.2. The summed E-state index contributed by atoms with van der Waals surface area (Å²) in [6.45, 7) is 3.96. The van der Waals surface area contributed by atoms with Gasteiger partial charge in [0.2, 0.25) is 11.8 Å². The lowest BCUT2D eigenvalue weighted by Gasteiger charge is -2.16. The minimum atomic E-state index is -0.196. The van der Waals surface area contributed by atoms with Crippen LogP contribution in [-0.2, 0) is 16.1 Å². The molecule has 140 valence electrons. The highest BCUT2D eigenvalue weighted by molar-refractivity contribution is 6.01. The number of anilines is 1. The molecule has 5 nitrogen and oxygen atoms in total. The molecule has 1 aliphatic rings. The van der Waals surface area contributed by atoms with E-state index in [0.717, 1.165) is 35.5 Å².